The van der Waals surface area contributed by atoms with Crippen LogP contribution >= 0.6 is 11.8 Å². The minimum Gasteiger partial charge on any atom is -0.461 e. The van der Waals surface area contributed by atoms with Crippen LogP contribution in [0.2, 0.25) is 0 Å². The molecule has 0 radical (unpaired) electrons. The fraction of sp³-hybridized carbons (Fsp3) is 0.348. The molecule has 0 unspecified atom stereocenters. The van der Waals surface area contributed by atoms with Gasteiger partial charge in [0.15, 0.2) is 15.9 Å². The maximum Gasteiger partial charge on any atom is 0.359 e. The SMILES string of the molecule is CCOC(=O)c1nn(Cc2ccccn2)c2c1CN(Cc1ccc(Sc3nncn3C)o1)CC2. The molecular weight excluding hydrogens is 454 g/mol. The van der Waals surface area contributed by atoms with Crippen LogP contribution in [-0.2, 0) is 37.8 Å². The van der Waals surface area contributed by atoms with Gasteiger partial charge in [0.1, 0.15) is 12.1 Å². The van der Waals surface area contributed by atoms with E-state index in [1.807, 2.05) is 46.6 Å². The van der Waals surface area contributed by atoms with Crippen LogP contribution in [0.5, 0.6) is 0 Å². The van der Waals surface area contributed by atoms with Crippen molar-refractivity contribution in [3.05, 3.63) is 71.3 Å². The second-order valence-corrected chi connectivity index (χ2v) is 8.95. The van der Waals surface area contributed by atoms with Gasteiger partial charge >= 0.3 is 5.97 Å². The zero-order chi connectivity index (χ0) is 23.5. The lowest BCUT2D eigenvalue weighted by Gasteiger charge is -2.26. The molecule has 0 N–H and O–H groups in total. The van der Waals surface area contributed by atoms with Crippen molar-refractivity contribution in [1.82, 2.24) is 34.4 Å². The highest BCUT2D eigenvalue weighted by atomic mass is 32.2. The fourth-order valence-electron chi connectivity index (χ4n) is 3.99. The summed E-state index contributed by atoms with van der Waals surface area (Å²) < 4.78 is 15.1. The average Bonchev–Trinajstić information content (AvgIpc) is 3.55. The normalized spacial score (nSPS) is 13.7. The van der Waals surface area contributed by atoms with Crippen LogP contribution in [0.3, 0.4) is 0 Å². The smallest absolute Gasteiger partial charge is 0.359 e. The number of aryl methyl sites for hydroxylation is 1. The van der Waals surface area contributed by atoms with Crippen molar-refractivity contribution in [3.8, 4) is 0 Å². The molecule has 176 valence electrons. The lowest BCUT2D eigenvalue weighted by Crippen LogP contribution is -2.31. The first-order chi connectivity index (χ1) is 16.6. The molecule has 10 nitrogen and oxygen atoms in total. The molecule has 0 saturated heterocycles. The molecule has 1 aliphatic heterocycles. The van der Waals surface area contributed by atoms with E-state index in [0.717, 1.165) is 45.9 Å². The largest absolute Gasteiger partial charge is 0.461 e. The number of ether oxygens (including phenoxy) is 1. The van der Waals surface area contributed by atoms with Gasteiger partial charge in [-0.1, -0.05) is 6.07 Å². The lowest BCUT2D eigenvalue weighted by molar-refractivity contribution is 0.0515. The van der Waals surface area contributed by atoms with E-state index >= 15 is 0 Å². The number of carbonyl (C=O) groups excluding carboxylic acids is 1. The Labute approximate surface area is 200 Å². The number of hydrogen-bond acceptors (Lipinski definition) is 9. The number of fused-ring (bicyclic) bond motifs is 1. The van der Waals surface area contributed by atoms with Gasteiger partial charge in [-0.2, -0.15) is 5.10 Å². The number of pyridine rings is 1. The molecule has 4 aromatic heterocycles. The van der Waals surface area contributed by atoms with E-state index in [1.165, 1.54) is 11.8 Å². The van der Waals surface area contributed by atoms with Gasteiger partial charge in [0.05, 0.1) is 25.4 Å². The third-order valence-corrected chi connectivity index (χ3v) is 6.57. The molecule has 0 spiro atoms. The summed E-state index contributed by atoms with van der Waals surface area (Å²) in [5, 5.41) is 14.1. The van der Waals surface area contributed by atoms with E-state index in [4.69, 9.17) is 9.15 Å². The monoisotopic (exact) mass is 479 g/mol. The standard InChI is InChI=1S/C23H25N7O3S/c1-3-32-22(31)21-18-14-29(11-9-19(18)30(27-21)12-16-6-4-5-10-24-16)13-17-7-8-20(33-17)34-23-26-25-15-28(23)2/h4-8,10,15H,3,9,11-14H2,1-2H3. The van der Waals surface area contributed by atoms with E-state index in [1.54, 1.807) is 19.4 Å². The van der Waals surface area contributed by atoms with Crippen molar-refractivity contribution in [3.63, 3.8) is 0 Å². The van der Waals surface area contributed by atoms with Crippen LogP contribution in [-0.4, -0.2) is 53.5 Å². The highest BCUT2D eigenvalue weighted by Gasteiger charge is 2.29. The third kappa shape index (κ3) is 4.75. The van der Waals surface area contributed by atoms with E-state index in [0.29, 0.717) is 31.9 Å². The second-order valence-electron chi connectivity index (χ2n) is 7.98. The van der Waals surface area contributed by atoms with E-state index in [9.17, 15) is 4.79 Å². The number of furan rings is 1. The Morgan fingerprint density at radius 3 is 2.91 bits per heavy atom. The summed E-state index contributed by atoms with van der Waals surface area (Å²) in [4.78, 5) is 19.3. The summed E-state index contributed by atoms with van der Waals surface area (Å²) in [6.07, 6.45) is 4.20. The molecule has 0 aromatic carbocycles. The predicted molar refractivity (Wildman–Crippen MR) is 123 cm³/mol. The van der Waals surface area contributed by atoms with Crippen LogP contribution in [0.4, 0.5) is 0 Å². The van der Waals surface area contributed by atoms with Crippen LogP contribution in [0.15, 0.2) is 57.5 Å². The summed E-state index contributed by atoms with van der Waals surface area (Å²) >= 11 is 1.43. The molecule has 5 heterocycles. The quantitative estimate of drug-likeness (QED) is 0.353. The highest BCUT2D eigenvalue weighted by Crippen LogP contribution is 2.29. The molecule has 0 fully saturated rings. The Balaban J connectivity index is 1.33. The van der Waals surface area contributed by atoms with Gasteiger partial charge in [-0.05, 0) is 43.0 Å². The number of aromatic nitrogens is 6. The van der Waals surface area contributed by atoms with Gasteiger partial charge in [0.25, 0.3) is 0 Å². The molecule has 0 aliphatic carbocycles. The van der Waals surface area contributed by atoms with Gasteiger partial charge in [-0.25, -0.2) is 4.79 Å². The number of nitrogens with zero attached hydrogens (tertiary/aromatic N) is 7. The summed E-state index contributed by atoms with van der Waals surface area (Å²) in [6.45, 7) is 4.68. The average molecular weight is 480 g/mol. The Bertz CT molecular complexity index is 1280. The molecule has 34 heavy (non-hydrogen) atoms. The minimum atomic E-state index is -0.388. The highest BCUT2D eigenvalue weighted by molar-refractivity contribution is 7.99. The number of hydrogen-bond donors (Lipinski definition) is 0. The predicted octanol–water partition coefficient (Wildman–Crippen LogP) is 2.93. The Morgan fingerprint density at radius 2 is 2.15 bits per heavy atom. The van der Waals surface area contributed by atoms with Gasteiger partial charge in [0, 0.05) is 44.0 Å². The van der Waals surface area contributed by atoms with Crippen LogP contribution < -0.4 is 0 Å². The Kier molecular flexibility index (Phi) is 6.45. The molecule has 11 heteroatoms. The minimum absolute atomic E-state index is 0.308. The van der Waals surface area contributed by atoms with E-state index < -0.39 is 0 Å². The fourth-order valence-corrected chi connectivity index (χ4v) is 4.74. The van der Waals surface area contributed by atoms with Gasteiger partial charge in [0.2, 0.25) is 0 Å². The van der Waals surface area contributed by atoms with Crippen LogP contribution in [0.25, 0.3) is 0 Å². The number of carbonyl (C=O) groups is 1. The van der Waals surface area contributed by atoms with E-state index in [2.05, 4.69) is 25.2 Å². The molecular formula is C23H25N7O3S. The topological polar surface area (TPSA) is 104 Å². The van der Waals surface area contributed by atoms with Crippen molar-refractivity contribution in [1.29, 1.82) is 0 Å². The van der Waals surface area contributed by atoms with Crippen LogP contribution in [0, 0.1) is 0 Å². The first-order valence-corrected chi connectivity index (χ1v) is 11.9. The van der Waals surface area contributed by atoms with Crippen LogP contribution in [0.1, 0.15) is 40.1 Å². The third-order valence-electron chi connectivity index (χ3n) is 5.60. The lowest BCUT2D eigenvalue weighted by atomic mass is 10.0. The molecule has 0 atom stereocenters. The van der Waals surface area contributed by atoms with Gasteiger partial charge in [-0.15, -0.1) is 10.2 Å². The summed E-state index contributed by atoms with van der Waals surface area (Å²) in [7, 11) is 1.90. The van der Waals surface area contributed by atoms with Crippen molar-refractivity contribution in [2.24, 2.45) is 7.05 Å². The summed E-state index contributed by atoms with van der Waals surface area (Å²) in [5.41, 5.74) is 3.26. The van der Waals surface area contributed by atoms with Gasteiger partial charge in [-0.3, -0.25) is 14.6 Å². The van der Waals surface area contributed by atoms with Crippen molar-refractivity contribution in [2.45, 2.75) is 43.2 Å². The molecule has 1 aliphatic rings. The number of rotatable bonds is 8. The summed E-state index contributed by atoms with van der Waals surface area (Å²) in [6, 6.07) is 9.72. The first kappa shape index (κ1) is 22.4. The molecule has 0 saturated carbocycles. The second kappa shape index (κ2) is 9.82. The number of esters is 1. The molecule has 0 bridgehead atoms. The van der Waals surface area contributed by atoms with Crippen molar-refractivity contribution in [2.75, 3.05) is 13.2 Å². The van der Waals surface area contributed by atoms with Gasteiger partial charge < -0.3 is 13.7 Å². The Morgan fingerprint density at radius 1 is 1.24 bits per heavy atom. The van der Waals surface area contributed by atoms with Crippen molar-refractivity contribution >= 4 is 17.7 Å². The summed E-state index contributed by atoms with van der Waals surface area (Å²) in [5.74, 6) is 0.465. The zero-order valence-corrected chi connectivity index (χ0v) is 19.9. The zero-order valence-electron chi connectivity index (χ0n) is 19.0. The first-order valence-electron chi connectivity index (χ1n) is 11.1. The molecule has 4 aromatic rings. The van der Waals surface area contributed by atoms with E-state index in [-0.39, 0.29) is 5.97 Å². The Hall–Kier alpha value is -3.44. The maximum atomic E-state index is 12.7. The maximum absolute atomic E-state index is 12.7. The molecule has 0 amide bonds. The van der Waals surface area contributed by atoms with Crippen molar-refractivity contribution < 1.29 is 13.9 Å². The molecule has 5 rings (SSSR count).